The van der Waals surface area contributed by atoms with Gasteiger partial charge in [-0.15, -0.1) is 0 Å². The highest BCUT2D eigenvalue weighted by Crippen LogP contribution is 2.14. The summed E-state index contributed by atoms with van der Waals surface area (Å²) in [4.78, 5) is 2.41. The van der Waals surface area contributed by atoms with Gasteiger partial charge in [0.25, 0.3) is 0 Å². The fourth-order valence-electron chi connectivity index (χ4n) is 1.98. The van der Waals surface area contributed by atoms with Gasteiger partial charge in [-0.05, 0) is 33.1 Å². The molecule has 0 aliphatic heterocycles. The molecule has 122 valence electrons. The minimum atomic E-state index is -3.43. The molecule has 0 bridgehead atoms. The summed E-state index contributed by atoms with van der Waals surface area (Å²) in [6, 6.07) is 1.75. The molecule has 1 aromatic heterocycles. The smallest absolute Gasteiger partial charge is 0.242 e. The summed E-state index contributed by atoms with van der Waals surface area (Å²) in [5.74, 6) is 0. The maximum atomic E-state index is 12.3. The molecule has 0 aliphatic carbocycles. The van der Waals surface area contributed by atoms with Crippen LogP contribution in [0.2, 0.25) is 0 Å². The second kappa shape index (κ2) is 8.53. The number of aromatic nitrogens is 1. The van der Waals surface area contributed by atoms with Crippen LogP contribution in [-0.4, -0.2) is 51.1 Å². The maximum Gasteiger partial charge on any atom is 0.242 e. The number of likely N-dealkylation sites (N-methyl/N-ethyl adjacent to an activating group) is 1. The molecule has 0 amide bonds. The highest BCUT2D eigenvalue weighted by Gasteiger charge is 2.17. The van der Waals surface area contributed by atoms with E-state index in [1.54, 1.807) is 12.3 Å². The molecular formula is C14H28N4O2S. The van der Waals surface area contributed by atoms with Crippen molar-refractivity contribution in [3.05, 3.63) is 18.0 Å². The summed E-state index contributed by atoms with van der Waals surface area (Å²) in [5.41, 5.74) is 0.991. The van der Waals surface area contributed by atoms with E-state index in [0.717, 1.165) is 25.3 Å². The van der Waals surface area contributed by atoms with E-state index in [9.17, 15) is 8.42 Å². The zero-order chi connectivity index (χ0) is 15.9. The molecule has 0 radical (unpaired) electrons. The Morgan fingerprint density at radius 1 is 1.29 bits per heavy atom. The van der Waals surface area contributed by atoms with E-state index in [2.05, 4.69) is 14.9 Å². The van der Waals surface area contributed by atoms with Gasteiger partial charge < -0.3 is 14.8 Å². The van der Waals surface area contributed by atoms with Crippen LogP contribution in [0.4, 0.5) is 0 Å². The monoisotopic (exact) mass is 316 g/mol. The fraction of sp³-hybridized carbons (Fsp3) is 0.714. The lowest BCUT2D eigenvalue weighted by Crippen LogP contribution is -2.32. The van der Waals surface area contributed by atoms with Crippen LogP contribution in [0.15, 0.2) is 17.2 Å². The fourth-order valence-corrected chi connectivity index (χ4v) is 3.06. The van der Waals surface area contributed by atoms with Gasteiger partial charge in [0.1, 0.15) is 0 Å². The third-order valence-corrected chi connectivity index (χ3v) is 4.92. The standard InChI is InChI=1S/C14H28N4O2S/c1-5-15-11-13-10-14(12-18(13)7-3)21(19,20)16-8-9-17(4)6-2/h10,12,15-16H,5-9,11H2,1-4H3. The zero-order valence-electron chi connectivity index (χ0n) is 13.5. The van der Waals surface area contributed by atoms with E-state index in [1.807, 2.05) is 32.4 Å². The Morgan fingerprint density at radius 3 is 2.57 bits per heavy atom. The Bertz CT molecular complexity index is 525. The molecule has 6 nitrogen and oxygen atoms in total. The number of nitrogens with one attached hydrogen (secondary N) is 2. The van der Waals surface area contributed by atoms with Gasteiger partial charge in [-0.25, -0.2) is 13.1 Å². The minimum Gasteiger partial charge on any atom is -0.349 e. The molecule has 0 atom stereocenters. The predicted octanol–water partition coefficient (Wildman–Crippen LogP) is 0.847. The molecule has 1 rings (SSSR count). The molecule has 0 saturated carbocycles. The summed E-state index contributed by atoms with van der Waals surface area (Å²) in [6.07, 6.45) is 1.71. The highest BCUT2D eigenvalue weighted by atomic mass is 32.2. The topological polar surface area (TPSA) is 66.4 Å². The maximum absolute atomic E-state index is 12.3. The second-order valence-corrected chi connectivity index (χ2v) is 6.79. The Labute approximate surface area is 128 Å². The van der Waals surface area contributed by atoms with Gasteiger partial charge in [-0.2, -0.15) is 0 Å². The first kappa shape index (κ1) is 18.2. The molecule has 1 heterocycles. The average molecular weight is 316 g/mol. The largest absolute Gasteiger partial charge is 0.349 e. The van der Waals surface area contributed by atoms with Gasteiger partial charge in [0.05, 0.1) is 4.90 Å². The summed E-state index contributed by atoms with van der Waals surface area (Å²) in [7, 11) is -1.46. The lowest BCUT2D eigenvalue weighted by Gasteiger charge is -2.13. The van der Waals surface area contributed by atoms with E-state index < -0.39 is 10.0 Å². The molecule has 0 fully saturated rings. The molecule has 7 heteroatoms. The van der Waals surface area contributed by atoms with E-state index >= 15 is 0 Å². The average Bonchev–Trinajstić information content (AvgIpc) is 2.88. The Kier molecular flexibility index (Phi) is 7.37. The molecule has 0 aromatic carbocycles. The molecule has 0 spiro atoms. The second-order valence-electron chi connectivity index (χ2n) is 5.03. The first-order chi connectivity index (χ1) is 9.94. The molecular weight excluding hydrogens is 288 g/mol. The summed E-state index contributed by atoms with van der Waals surface area (Å²) < 4.78 is 29.2. The predicted molar refractivity (Wildman–Crippen MR) is 85.8 cm³/mol. The number of aryl methyl sites for hydroxylation is 1. The quantitative estimate of drug-likeness (QED) is 0.671. The van der Waals surface area contributed by atoms with Crippen LogP contribution in [0.3, 0.4) is 0 Å². The van der Waals surface area contributed by atoms with Crippen LogP contribution in [0, 0.1) is 0 Å². The lowest BCUT2D eigenvalue weighted by atomic mass is 10.4. The zero-order valence-corrected chi connectivity index (χ0v) is 14.3. The van der Waals surface area contributed by atoms with Gasteiger partial charge >= 0.3 is 0 Å². The molecule has 0 saturated heterocycles. The van der Waals surface area contributed by atoms with E-state index in [0.29, 0.717) is 24.5 Å². The Morgan fingerprint density at radius 2 is 2.00 bits per heavy atom. The van der Waals surface area contributed by atoms with Crippen molar-refractivity contribution in [3.8, 4) is 0 Å². The van der Waals surface area contributed by atoms with E-state index in [4.69, 9.17) is 0 Å². The SMILES string of the molecule is CCNCc1cc(S(=O)(=O)NCCN(C)CC)cn1CC. The van der Waals surface area contributed by atoms with Crippen molar-refractivity contribution in [2.75, 3.05) is 33.2 Å². The lowest BCUT2D eigenvalue weighted by molar-refractivity contribution is 0.358. The van der Waals surface area contributed by atoms with Crippen molar-refractivity contribution < 1.29 is 8.42 Å². The molecule has 2 N–H and O–H groups in total. The number of nitrogens with zero attached hydrogens (tertiary/aromatic N) is 2. The third-order valence-electron chi connectivity index (χ3n) is 3.49. The first-order valence-electron chi connectivity index (χ1n) is 7.52. The Hall–Kier alpha value is -0.890. The third kappa shape index (κ3) is 5.43. The molecule has 21 heavy (non-hydrogen) atoms. The number of sulfonamides is 1. The molecule has 0 unspecified atom stereocenters. The van der Waals surface area contributed by atoms with Crippen LogP contribution in [0.5, 0.6) is 0 Å². The summed E-state index contributed by atoms with van der Waals surface area (Å²) >= 11 is 0. The number of rotatable bonds is 10. The van der Waals surface area contributed by atoms with Crippen LogP contribution >= 0.6 is 0 Å². The number of hydrogen-bond donors (Lipinski definition) is 2. The van der Waals surface area contributed by atoms with Crippen LogP contribution < -0.4 is 10.0 Å². The highest BCUT2D eigenvalue weighted by molar-refractivity contribution is 7.89. The van der Waals surface area contributed by atoms with E-state index in [1.165, 1.54) is 0 Å². The molecule has 0 aliphatic rings. The van der Waals surface area contributed by atoms with Crippen molar-refractivity contribution in [2.45, 2.75) is 38.8 Å². The van der Waals surface area contributed by atoms with Gasteiger partial charge in [0.2, 0.25) is 10.0 Å². The van der Waals surface area contributed by atoms with Gasteiger partial charge in [-0.3, -0.25) is 0 Å². The van der Waals surface area contributed by atoms with Crippen LogP contribution in [-0.2, 0) is 23.1 Å². The number of hydrogen-bond acceptors (Lipinski definition) is 4. The minimum absolute atomic E-state index is 0.344. The summed E-state index contributed by atoms with van der Waals surface area (Å²) in [5, 5.41) is 3.23. The van der Waals surface area contributed by atoms with Crippen molar-refractivity contribution in [1.82, 2.24) is 19.5 Å². The molecule has 1 aromatic rings. The van der Waals surface area contributed by atoms with E-state index in [-0.39, 0.29) is 0 Å². The first-order valence-corrected chi connectivity index (χ1v) is 9.00. The van der Waals surface area contributed by atoms with Gasteiger partial charge in [0, 0.05) is 38.1 Å². The van der Waals surface area contributed by atoms with Crippen LogP contribution in [0.1, 0.15) is 26.5 Å². The van der Waals surface area contributed by atoms with Crippen molar-refractivity contribution in [2.24, 2.45) is 0 Å². The van der Waals surface area contributed by atoms with Gasteiger partial charge in [-0.1, -0.05) is 13.8 Å². The van der Waals surface area contributed by atoms with Crippen molar-refractivity contribution in [1.29, 1.82) is 0 Å². The van der Waals surface area contributed by atoms with Crippen molar-refractivity contribution in [3.63, 3.8) is 0 Å². The summed E-state index contributed by atoms with van der Waals surface area (Å²) in [6.45, 7) is 10.4. The normalized spacial score (nSPS) is 12.2. The Balaban J connectivity index is 2.76. The van der Waals surface area contributed by atoms with Gasteiger partial charge in [0.15, 0.2) is 0 Å². The van der Waals surface area contributed by atoms with Crippen molar-refractivity contribution >= 4 is 10.0 Å². The van der Waals surface area contributed by atoms with Crippen LogP contribution in [0.25, 0.3) is 0 Å².